The lowest BCUT2D eigenvalue weighted by Crippen LogP contribution is -2.41. The number of aromatic nitrogens is 1. The molecule has 1 aliphatic rings. The molecule has 3 heterocycles. The summed E-state index contributed by atoms with van der Waals surface area (Å²) < 4.78 is 10.9. The first-order chi connectivity index (χ1) is 11.3. The average Bonchev–Trinajstić information content (AvgIpc) is 3.25. The fourth-order valence-electron chi connectivity index (χ4n) is 2.64. The van der Waals surface area contributed by atoms with Gasteiger partial charge in [0.2, 0.25) is 5.89 Å². The van der Waals surface area contributed by atoms with Crippen LogP contribution in [0.3, 0.4) is 0 Å². The Hall–Kier alpha value is -1.25. The van der Waals surface area contributed by atoms with Crippen molar-refractivity contribution in [3.8, 4) is 10.8 Å². The van der Waals surface area contributed by atoms with Crippen LogP contribution in [0.2, 0.25) is 0 Å². The number of nitrogens with zero attached hydrogens (tertiary/aromatic N) is 3. The zero-order valence-electron chi connectivity index (χ0n) is 13.2. The highest BCUT2D eigenvalue weighted by Crippen LogP contribution is 2.23. The summed E-state index contributed by atoms with van der Waals surface area (Å²) in [7, 11) is 0. The fourth-order valence-corrected chi connectivity index (χ4v) is 3.30. The van der Waals surface area contributed by atoms with E-state index in [0.29, 0.717) is 19.0 Å². The molecular formula is C16H23N3O3S. The molecule has 1 fully saturated rings. The van der Waals surface area contributed by atoms with Gasteiger partial charge in [-0.05, 0) is 11.4 Å². The van der Waals surface area contributed by atoms with Crippen LogP contribution in [0.25, 0.3) is 10.8 Å². The molecule has 6 nitrogen and oxygen atoms in total. The number of hydrogen-bond acceptors (Lipinski definition) is 7. The summed E-state index contributed by atoms with van der Waals surface area (Å²) in [6.45, 7) is 6.98. The highest BCUT2D eigenvalue weighted by atomic mass is 32.1. The molecule has 0 saturated carbocycles. The molecule has 2 aromatic rings. The molecule has 126 valence electrons. The van der Waals surface area contributed by atoms with Crippen LogP contribution in [0.4, 0.5) is 0 Å². The zero-order chi connectivity index (χ0) is 15.9. The molecule has 2 aromatic heterocycles. The lowest BCUT2D eigenvalue weighted by atomic mass is 10.3. The largest absolute Gasteiger partial charge is 0.444 e. The molecule has 0 spiro atoms. The van der Waals surface area contributed by atoms with E-state index in [-0.39, 0.29) is 6.61 Å². The van der Waals surface area contributed by atoms with Crippen LogP contribution in [0.15, 0.2) is 28.2 Å². The Bertz CT molecular complexity index is 567. The van der Waals surface area contributed by atoms with Crippen LogP contribution in [0, 0.1) is 0 Å². The summed E-state index contributed by atoms with van der Waals surface area (Å²) in [5, 5.41) is 11.3. The minimum absolute atomic E-state index is 0.152. The third-order valence-electron chi connectivity index (χ3n) is 3.92. The Morgan fingerprint density at radius 2 is 2.17 bits per heavy atom. The van der Waals surface area contributed by atoms with Crippen LogP contribution < -0.4 is 0 Å². The number of oxazole rings is 1. The second kappa shape index (κ2) is 8.56. The van der Waals surface area contributed by atoms with Crippen molar-refractivity contribution < 1.29 is 14.3 Å². The van der Waals surface area contributed by atoms with Crippen LogP contribution in [0.1, 0.15) is 5.69 Å². The van der Waals surface area contributed by atoms with E-state index in [1.165, 1.54) is 0 Å². The van der Waals surface area contributed by atoms with Gasteiger partial charge in [-0.25, -0.2) is 4.98 Å². The first-order valence-electron chi connectivity index (χ1n) is 7.97. The molecule has 0 radical (unpaired) electrons. The predicted octanol–water partition coefficient (Wildman–Crippen LogP) is 1.53. The van der Waals surface area contributed by atoms with Gasteiger partial charge in [0.1, 0.15) is 6.26 Å². The van der Waals surface area contributed by atoms with Crippen molar-refractivity contribution in [3.63, 3.8) is 0 Å². The molecule has 0 aliphatic carbocycles. The Kier molecular flexibility index (Phi) is 6.18. The molecule has 3 rings (SSSR count). The van der Waals surface area contributed by atoms with Crippen molar-refractivity contribution in [2.24, 2.45) is 0 Å². The number of morpholine rings is 1. The molecule has 1 aliphatic heterocycles. The second-order valence-electron chi connectivity index (χ2n) is 5.58. The van der Waals surface area contributed by atoms with E-state index in [1.807, 2.05) is 17.5 Å². The highest BCUT2D eigenvalue weighted by Gasteiger charge is 2.14. The summed E-state index contributed by atoms with van der Waals surface area (Å²) in [6, 6.07) is 3.99. The molecule has 0 unspecified atom stereocenters. The van der Waals surface area contributed by atoms with Gasteiger partial charge in [0.05, 0.1) is 30.4 Å². The van der Waals surface area contributed by atoms with Gasteiger partial charge < -0.3 is 14.3 Å². The van der Waals surface area contributed by atoms with Gasteiger partial charge in [-0.2, -0.15) is 0 Å². The predicted molar refractivity (Wildman–Crippen MR) is 89.4 cm³/mol. The fraction of sp³-hybridized carbons (Fsp3) is 0.562. The van der Waals surface area contributed by atoms with E-state index >= 15 is 0 Å². The minimum atomic E-state index is 0.152. The van der Waals surface area contributed by atoms with E-state index in [0.717, 1.165) is 50.0 Å². The molecule has 0 atom stereocenters. The first kappa shape index (κ1) is 16.6. The number of ether oxygens (including phenoxy) is 1. The summed E-state index contributed by atoms with van der Waals surface area (Å²) in [5.74, 6) is 0.673. The normalized spacial score (nSPS) is 16.3. The molecule has 0 bridgehead atoms. The zero-order valence-corrected chi connectivity index (χ0v) is 14.0. The van der Waals surface area contributed by atoms with Gasteiger partial charge in [0, 0.05) is 39.3 Å². The molecule has 23 heavy (non-hydrogen) atoms. The number of thiophene rings is 1. The Morgan fingerprint density at radius 1 is 1.30 bits per heavy atom. The van der Waals surface area contributed by atoms with Crippen LogP contribution in [-0.4, -0.2) is 72.4 Å². The van der Waals surface area contributed by atoms with Gasteiger partial charge in [0.25, 0.3) is 0 Å². The van der Waals surface area contributed by atoms with Crippen molar-refractivity contribution in [2.45, 2.75) is 6.54 Å². The van der Waals surface area contributed by atoms with Crippen molar-refractivity contribution in [2.75, 3.05) is 52.5 Å². The first-order valence-corrected chi connectivity index (χ1v) is 8.85. The average molecular weight is 337 g/mol. The Balaban J connectivity index is 1.54. The molecule has 0 aromatic carbocycles. The molecular weight excluding hydrogens is 314 g/mol. The maximum Gasteiger partial charge on any atom is 0.236 e. The summed E-state index contributed by atoms with van der Waals surface area (Å²) in [6.07, 6.45) is 1.72. The quantitative estimate of drug-likeness (QED) is 0.788. The van der Waals surface area contributed by atoms with E-state index < -0.39 is 0 Å². The van der Waals surface area contributed by atoms with Crippen molar-refractivity contribution in [1.29, 1.82) is 0 Å². The molecule has 0 amide bonds. The smallest absolute Gasteiger partial charge is 0.236 e. The summed E-state index contributed by atoms with van der Waals surface area (Å²) >= 11 is 1.62. The van der Waals surface area contributed by atoms with Crippen LogP contribution in [0.5, 0.6) is 0 Å². The highest BCUT2D eigenvalue weighted by molar-refractivity contribution is 7.13. The third kappa shape index (κ3) is 4.86. The van der Waals surface area contributed by atoms with Crippen LogP contribution >= 0.6 is 11.3 Å². The van der Waals surface area contributed by atoms with Gasteiger partial charge in [-0.1, -0.05) is 6.07 Å². The summed E-state index contributed by atoms with van der Waals surface area (Å²) in [5.41, 5.74) is 0.906. The summed E-state index contributed by atoms with van der Waals surface area (Å²) in [4.78, 5) is 10.2. The van der Waals surface area contributed by atoms with Gasteiger partial charge in [-0.15, -0.1) is 11.3 Å². The molecule has 1 N–H and O–H groups in total. The molecule has 1 saturated heterocycles. The standard InChI is InChI=1S/C16H23N3O3S/c20-8-5-19(4-3-18-6-9-21-10-7-18)12-14-13-22-16(17-14)15-2-1-11-23-15/h1-2,11,13,20H,3-10,12H2. The monoisotopic (exact) mass is 337 g/mol. The van der Waals surface area contributed by atoms with E-state index in [2.05, 4.69) is 14.8 Å². The minimum Gasteiger partial charge on any atom is -0.444 e. The number of hydrogen-bond donors (Lipinski definition) is 1. The van der Waals surface area contributed by atoms with Gasteiger partial charge in [-0.3, -0.25) is 9.80 Å². The van der Waals surface area contributed by atoms with Crippen molar-refractivity contribution >= 4 is 11.3 Å². The third-order valence-corrected chi connectivity index (χ3v) is 4.78. The Morgan fingerprint density at radius 3 is 2.91 bits per heavy atom. The lowest BCUT2D eigenvalue weighted by Gasteiger charge is -2.29. The maximum atomic E-state index is 9.29. The van der Waals surface area contributed by atoms with Gasteiger partial charge in [0.15, 0.2) is 0 Å². The number of rotatable bonds is 8. The van der Waals surface area contributed by atoms with E-state index in [9.17, 15) is 5.11 Å². The van der Waals surface area contributed by atoms with Crippen molar-refractivity contribution in [1.82, 2.24) is 14.8 Å². The topological polar surface area (TPSA) is 62.0 Å². The Labute approximate surface area is 140 Å². The van der Waals surface area contributed by atoms with Gasteiger partial charge >= 0.3 is 0 Å². The molecule has 7 heteroatoms. The lowest BCUT2D eigenvalue weighted by molar-refractivity contribution is 0.0319. The second-order valence-corrected chi connectivity index (χ2v) is 6.52. The van der Waals surface area contributed by atoms with E-state index in [1.54, 1.807) is 17.6 Å². The maximum absolute atomic E-state index is 9.29. The van der Waals surface area contributed by atoms with E-state index in [4.69, 9.17) is 9.15 Å². The van der Waals surface area contributed by atoms with Crippen molar-refractivity contribution in [3.05, 3.63) is 29.5 Å². The number of aliphatic hydroxyl groups is 1. The number of aliphatic hydroxyl groups excluding tert-OH is 1. The SMILES string of the molecule is OCCN(CCN1CCOCC1)Cc1coc(-c2cccs2)n1. The van der Waals surface area contributed by atoms with Crippen LogP contribution in [-0.2, 0) is 11.3 Å².